The Balaban J connectivity index is 0.00000128. The van der Waals surface area contributed by atoms with E-state index in [2.05, 4.69) is 10.1 Å². The monoisotopic (exact) mass is 239 g/mol. The van der Waals surface area contributed by atoms with Crippen molar-refractivity contribution >= 4 is 12.4 Å². The molecule has 0 fully saturated rings. The van der Waals surface area contributed by atoms with Crippen LogP contribution < -0.4 is 5.73 Å². The van der Waals surface area contributed by atoms with Crippen molar-refractivity contribution in [2.45, 2.75) is 19.9 Å². The SMILES string of the molecule is CCc1nc(-c2ccc(CN)cc2)no1.Cl. The summed E-state index contributed by atoms with van der Waals surface area (Å²) >= 11 is 0. The number of nitrogens with zero attached hydrogens (tertiary/aromatic N) is 2. The molecule has 0 aliphatic carbocycles. The highest BCUT2D eigenvalue weighted by Gasteiger charge is 2.06. The summed E-state index contributed by atoms with van der Waals surface area (Å²) in [5.41, 5.74) is 7.56. The smallest absolute Gasteiger partial charge is 0.226 e. The maximum atomic E-state index is 5.51. The van der Waals surface area contributed by atoms with Gasteiger partial charge in [-0.3, -0.25) is 0 Å². The van der Waals surface area contributed by atoms with Gasteiger partial charge in [0, 0.05) is 18.5 Å². The van der Waals surface area contributed by atoms with Crippen LogP contribution in [0.3, 0.4) is 0 Å². The van der Waals surface area contributed by atoms with Gasteiger partial charge in [-0.2, -0.15) is 4.98 Å². The van der Waals surface area contributed by atoms with E-state index in [9.17, 15) is 0 Å². The summed E-state index contributed by atoms with van der Waals surface area (Å²) in [7, 11) is 0. The first-order chi connectivity index (χ1) is 7.33. The molecule has 0 unspecified atom stereocenters. The van der Waals surface area contributed by atoms with Crippen LogP contribution in [0, 0.1) is 0 Å². The molecule has 0 atom stereocenters. The van der Waals surface area contributed by atoms with E-state index in [1.165, 1.54) is 0 Å². The average molecular weight is 240 g/mol. The molecule has 0 saturated carbocycles. The highest BCUT2D eigenvalue weighted by molar-refractivity contribution is 5.85. The van der Waals surface area contributed by atoms with Crippen molar-refractivity contribution < 1.29 is 4.52 Å². The number of benzene rings is 1. The molecule has 4 nitrogen and oxygen atoms in total. The fourth-order valence-corrected chi connectivity index (χ4v) is 1.31. The number of hydrogen-bond acceptors (Lipinski definition) is 4. The van der Waals surface area contributed by atoms with E-state index < -0.39 is 0 Å². The molecule has 0 aliphatic rings. The van der Waals surface area contributed by atoms with Gasteiger partial charge in [-0.15, -0.1) is 12.4 Å². The van der Waals surface area contributed by atoms with Gasteiger partial charge in [0.2, 0.25) is 11.7 Å². The van der Waals surface area contributed by atoms with Crippen molar-refractivity contribution in [1.29, 1.82) is 0 Å². The summed E-state index contributed by atoms with van der Waals surface area (Å²) in [6.45, 7) is 2.53. The highest BCUT2D eigenvalue weighted by atomic mass is 35.5. The van der Waals surface area contributed by atoms with Crippen LogP contribution in [-0.4, -0.2) is 10.1 Å². The Hall–Kier alpha value is -1.39. The number of halogens is 1. The van der Waals surface area contributed by atoms with Gasteiger partial charge in [0.25, 0.3) is 0 Å². The van der Waals surface area contributed by atoms with E-state index in [1.54, 1.807) is 0 Å². The Morgan fingerprint density at radius 1 is 1.25 bits per heavy atom. The third-order valence-corrected chi connectivity index (χ3v) is 2.22. The molecule has 1 heterocycles. The lowest BCUT2D eigenvalue weighted by Gasteiger charge is -1.97. The molecule has 2 N–H and O–H groups in total. The van der Waals surface area contributed by atoms with Crippen LogP contribution in [0.5, 0.6) is 0 Å². The zero-order valence-electron chi connectivity index (χ0n) is 9.01. The summed E-state index contributed by atoms with van der Waals surface area (Å²) in [5.74, 6) is 1.29. The summed E-state index contributed by atoms with van der Waals surface area (Å²) < 4.78 is 5.04. The van der Waals surface area contributed by atoms with Gasteiger partial charge >= 0.3 is 0 Å². The molecule has 0 amide bonds. The third-order valence-electron chi connectivity index (χ3n) is 2.22. The number of aromatic nitrogens is 2. The number of hydrogen-bond donors (Lipinski definition) is 1. The molecule has 2 aromatic rings. The fraction of sp³-hybridized carbons (Fsp3) is 0.273. The van der Waals surface area contributed by atoms with Crippen LogP contribution in [0.25, 0.3) is 11.4 Å². The van der Waals surface area contributed by atoms with Gasteiger partial charge in [0.05, 0.1) is 0 Å². The molecule has 86 valence electrons. The Labute approximate surface area is 100 Å². The standard InChI is InChI=1S/C11H13N3O.ClH/c1-2-10-13-11(14-15-10)9-5-3-8(7-12)4-6-9;/h3-6H,2,7,12H2,1H3;1H. The maximum absolute atomic E-state index is 5.51. The lowest BCUT2D eigenvalue weighted by molar-refractivity contribution is 0.383. The second-order valence-corrected chi connectivity index (χ2v) is 3.27. The minimum Gasteiger partial charge on any atom is -0.339 e. The van der Waals surface area contributed by atoms with Gasteiger partial charge in [0.15, 0.2) is 0 Å². The van der Waals surface area contributed by atoms with Crippen molar-refractivity contribution in [2.75, 3.05) is 0 Å². The molecule has 5 heteroatoms. The minimum atomic E-state index is 0. The van der Waals surface area contributed by atoms with E-state index in [0.29, 0.717) is 18.3 Å². The minimum absolute atomic E-state index is 0. The number of aryl methyl sites for hydroxylation is 1. The van der Waals surface area contributed by atoms with Gasteiger partial charge in [-0.05, 0) is 5.56 Å². The van der Waals surface area contributed by atoms with Gasteiger partial charge in [-0.1, -0.05) is 36.3 Å². The zero-order valence-corrected chi connectivity index (χ0v) is 9.83. The van der Waals surface area contributed by atoms with Crippen LogP contribution in [0.2, 0.25) is 0 Å². The molecular weight excluding hydrogens is 226 g/mol. The first-order valence-electron chi connectivity index (χ1n) is 4.95. The highest BCUT2D eigenvalue weighted by Crippen LogP contribution is 2.16. The third kappa shape index (κ3) is 2.59. The summed E-state index contributed by atoms with van der Waals surface area (Å²) in [5, 5.41) is 3.90. The summed E-state index contributed by atoms with van der Waals surface area (Å²) in [4.78, 5) is 4.25. The lowest BCUT2D eigenvalue weighted by atomic mass is 10.1. The second kappa shape index (κ2) is 5.63. The summed E-state index contributed by atoms with van der Waals surface area (Å²) in [6, 6.07) is 7.84. The van der Waals surface area contributed by atoms with Crippen LogP contribution >= 0.6 is 12.4 Å². The van der Waals surface area contributed by atoms with Crippen molar-refractivity contribution in [3.8, 4) is 11.4 Å². The van der Waals surface area contributed by atoms with Crippen molar-refractivity contribution in [1.82, 2.24) is 10.1 Å². The predicted molar refractivity (Wildman–Crippen MR) is 64.3 cm³/mol. The fourth-order valence-electron chi connectivity index (χ4n) is 1.31. The van der Waals surface area contributed by atoms with Crippen LogP contribution in [0.15, 0.2) is 28.8 Å². The molecule has 0 bridgehead atoms. The van der Waals surface area contributed by atoms with E-state index in [1.807, 2.05) is 31.2 Å². The van der Waals surface area contributed by atoms with E-state index in [-0.39, 0.29) is 12.4 Å². The Morgan fingerprint density at radius 2 is 1.94 bits per heavy atom. The van der Waals surface area contributed by atoms with Crippen molar-refractivity contribution in [2.24, 2.45) is 5.73 Å². The predicted octanol–water partition coefficient (Wildman–Crippen LogP) is 2.18. The molecule has 0 aliphatic heterocycles. The molecule has 1 aromatic heterocycles. The van der Waals surface area contributed by atoms with Crippen LogP contribution in [-0.2, 0) is 13.0 Å². The molecular formula is C11H14ClN3O. The molecule has 16 heavy (non-hydrogen) atoms. The Bertz CT molecular complexity index is 439. The first-order valence-corrected chi connectivity index (χ1v) is 4.95. The van der Waals surface area contributed by atoms with E-state index >= 15 is 0 Å². The Kier molecular flexibility index (Phi) is 4.46. The molecule has 0 radical (unpaired) electrons. The largest absolute Gasteiger partial charge is 0.339 e. The normalized spacial score (nSPS) is 9.88. The average Bonchev–Trinajstić information content (AvgIpc) is 2.78. The Morgan fingerprint density at radius 3 is 2.44 bits per heavy atom. The van der Waals surface area contributed by atoms with Crippen LogP contribution in [0.4, 0.5) is 0 Å². The van der Waals surface area contributed by atoms with Crippen LogP contribution in [0.1, 0.15) is 18.4 Å². The summed E-state index contributed by atoms with van der Waals surface area (Å²) in [6.07, 6.45) is 0.758. The molecule has 0 spiro atoms. The molecule has 1 aromatic carbocycles. The van der Waals surface area contributed by atoms with Crippen molar-refractivity contribution in [3.63, 3.8) is 0 Å². The number of rotatable bonds is 3. The van der Waals surface area contributed by atoms with Gasteiger partial charge in [-0.25, -0.2) is 0 Å². The van der Waals surface area contributed by atoms with Gasteiger partial charge < -0.3 is 10.3 Å². The van der Waals surface area contributed by atoms with E-state index in [4.69, 9.17) is 10.3 Å². The zero-order chi connectivity index (χ0) is 10.7. The molecule has 0 saturated heterocycles. The second-order valence-electron chi connectivity index (χ2n) is 3.27. The van der Waals surface area contributed by atoms with Crippen molar-refractivity contribution in [3.05, 3.63) is 35.7 Å². The number of nitrogens with two attached hydrogens (primary N) is 1. The molecule has 2 rings (SSSR count). The van der Waals surface area contributed by atoms with Gasteiger partial charge in [0.1, 0.15) is 0 Å². The van der Waals surface area contributed by atoms with E-state index in [0.717, 1.165) is 17.5 Å². The maximum Gasteiger partial charge on any atom is 0.226 e. The first kappa shape index (κ1) is 12.7. The topological polar surface area (TPSA) is 64.9 Å². The lowest BCUT2D eigenvalue weighted by Crippen LogP contribution is -1.95. The quantitative estimate of drug-likeness (QED) is 0.892.